The van der Waals surface area contributed by atoms with Crippen LogP contribution >= 0.6 is 11.8 Å². The quantitative estimate of drug-likeness (QED) is 0.640. The lowest BCUT2D eigenvalue weighted by Gasteiger charge is -2.26. The highest BCUT2D eigenvalue weighted by Gasteiger charge is 2.09. The number of hydrogen-bond acceptors (Lipinski definition) is 4. The Morgan fingerprint density at radius 1 is 1.31 bits per heavy atom. The van der Waals surface area contributed by atoms with Gasteiger partial charge in [-0.3, -0.25) is 4.90 Å². The van der Waals surface area contributed by atoms with Crippen LogP contribution in [0.5, 0.6) is 0 Å². The van der Waals surface area contributed by atoms with E-state index in [9.17, 15) is 0 Å². The average molecular weight is 238 g/mol. The van der Waals surface area contributed by atoms with Crippen molar-refractivity contribution in [2.24, 2.45) is 0 Å². The maximum Gasteiger partial charge on any atom is 0.0594 e. The summed E-state index contributed by atoms with van der Waals surface area (Å²) in [6, 6.07) is 8.07. The molecule has 0 unspecified atom stereocenters. The molecule has 4 heteroatoms. The summed E-state index contributed by atoms with van der Waals surface area (Å²) >= 11 is 1.87. The molecule has 3 nitrogen and oxygen atoms in total. The van der Waals surface area contributed by atoms with E-state index < -0.39 is 0 Å². The van der Waals surface area contributed by atoms with Crippen LogP contribution in [-0.2, 0) is 4.74 Å². The molecule has 1 aromatic carbocycles. The number of thioether (sulfide) groups is 1. The second-order valence-corrected chi connectivity index (χ2v) is 5.04. The highest BCUT2D eigenvalue weighted by atomic mass is 32.2. The minimum absolute atomic E-state index is 0.844. The van der Waals surface area contributed by atoms with Crippen LogP contribution in [0.4, 0.5) is 5.69 Å². The number of rotatable bonds is 4. The Morgan fingerprint density at radius 2 is 2.12 bits per heavy atom. The predicted octanol–water partition coefficient (Wildman–Crippen LogP) is 1.69. The summed E-state index contributed by atoms with van der Waals surface area (Å²) in [5.74, 6) is 1.11. The molecule has 1 aromatic rings. The zero-order valence-corrected chi connectivity index (χ0v) is 10.2. The van der Waals surface area contributed by atoms with Crippen molar-refractivity contribution in [3.8, 4) is 0 Å². The fraction of sp³-hybridized carbons (Fsp3) is 0.500. The van der Waals surface area contributed by atoms with Crippen LogP contribution in [0.15, 0.2) is 29.2 Å². The van der Waals surface area contributed by atoms with E-state index >= 15 is 0 Å². The highest BCUT2D eigenvalue weighted by Crippen LogP contribution is 2.20. The van der Waals surface area contributed by atoms with Gasteiger partial charge < -0.3 is 10.5 Å². The molecule has 1 heterocycles. The average Bonchev–Trinajstić information content (AvgIpc) is 2.30. The van der Waals surface area contributed by atoms with Gasteiger partial charge in [-0.25, -0.2) is 0 Å². The van der Waals surface area contributed by atoms with Crippen LogP contribution in [-0.4, -0.2) is 43.5 Å². The van der Waals surface area contributed by atoms with Crippen LogP contribution in [0.3, 0.4) is 0 Å². The van der Waals surface area contributed by atoms with E-state index in [4.69, 9.17) is 10.5 Å². The van der Waals surface area contributed by atoms with E-state index in [0.717, 1.165) is 44.3 Å². The molecule has 0 atom stereocenters. The second kappa shape index (κ2) is 6.13. The summed E-state index contributed by atoms with van der Waals surface area (Å²) in [6.07, 6.45) is 0. The van der Waals surface area contributed by atoms with Gasteiger partial charge in [0.05, 0.1) is 13.2 Å². The number of ether oxygens (including phenoxy) is 1. The lowest BCUT2D eigenvalue weighted by atomic mass is 10.3. The molecule has 0 radical (unpaired) electrons. The van der Waals surface area contributed by atoms with Gasteiger partial charge in [-0.05, 0) is 18.2 Å². The fourth-order valence-electron chi connectivity index (χ4n) is 1.72. The second-order valence-electron chi connectivity index (χ2n) is 3.87. The molecule has 1 aliphatic rings. The standard InChI is InChI=1S/C12H18N2OS/c13-11-2-1-3-12(10-11)16-9-6-14-4-7-15-8-5-14/h1-3,10H,4-9,13H2. The van der Waals surface area contributed by atoms with Gasteiger partial charge in [-0.15, -0.1) is 11.8 Å². The van der Waals surface area contributed by atoms with Crippen LogP contribution in [0.25, 0.3) is 0 Å². The number of anilines is 1. The molecule has 0 saturated carbocycles. The summed E-state index contributed by atoms with van der Waals surface area (Å²) in [5.41, 5.74) is 6.58. The lowest BCUT2D eigenvalue weighted by Crippen LogP contribution is -2.37. The van der Waals surface area contributed by atoms with Crippen molar-refractivity contribution in [2.75, 3.05) is 44.3 Å². The van der Waals surface area contributed by atoms with E-state index in [1.54, 1.807) is 0 Å². The van der Waals surface area contributed by atoms with Gasteiger partial charge in [0.15, 0.2) is 0 Å². The third kappa shape index (κ3) is 3.70. The third-order valence-electron chi connectivity index (χ3n) is 2.64. The van der Waals surface area contributed by atoms with Crippen molar-refractivity contribution >= 4 is 17.4 Å². The third-order valence-corrected chi connectivity index (χ3v) is 3.61. The molecule has 0 aromatic heterocycles. The van der Waals surface area contributed by atoms with Crippen LogP contribution < -0.4 is 5.73 Å². The normalized spacial score (nSPS) is 17.5. The molecular formula is C12H18N2OS. The van der Waals surface area contributed by atoms with Crippen molar-refractivity contribution in [1.82, 2.24) is 4.90 Å². The van der Waals surface area contributed by atoms with Crippen LogP contribution in [0.1, 0.15) is 0 Å². The fourth-order valence-corrected chi connectivity index (χ4v) is 2.70. The lowest BCUT2D eigenvalue weighted by molar-refractivity contribution is 0.0410. The van der Waals surface area contributed by atoms with Gasteiger partial charge in [0, 0.05) is 36.0 Å². The molecule has 2 N–H and O–H groups in total. The molecule has 16 heavy (non-hydrogen) atoms. The first-order chi connectivity index (χ1) is 7.84. The van der Waals surface area contributed by atoms with Gasteiger partial charge >= 0.3 is 0 Å². The van der Waals surface area contributed by atoms with Crippen molar-refractivity contribution in [1.29, 1.82) is 0 Å². The topological polar surface area (TPSA) is 38.5 Å². The largest absolute Gasteiger partial charge is 0.399 e. The molecule has 0 bridgehead atoms. The number of nitrogens with two attached hydrogens (primary N) is 1. The summed E-state index contributed by atoms with van der Waals surface area (Å²) in [6.45, 7) is 5.02. The Morgan fingerprint density at radius 3 is 2.88 bits per heavy atom. The number of nitrogen functional groups attached to an aromatic ring is 1. The molecule has 88 valence electrons. The Kier molecular flexibility index (Phi) is 4.51. The molecule has 1 fully saturated rings. The van der Waals surface area contributed by atoms with Crippen molar-refractivity contribution in [2.45, 2.75) is 4.90 Å². The number of nitrogens with zero attached hydrogens (tertiary/aromatic N) is 1. The molecule has 2 rings (SSSR count). The predicted molar refractivity (Wildman–Crippen MR) is 68.8 cm³/mol. The number of hydrogen-bond donors (Lipinski definition) is 1. The molecule has 0 spiro atoms. The maximum absolute atomic E-state index is 5.73. The van der Waals surface area contributed by atoms with E-state index in [1.165, 1.54) is 4.90 Å². The number of morpholine rings is 1. The minimum Gasteiger partial charge on any atom is -0.399 e. The Bertz CT molecular complexity index is 327. The first kappa shape index (κ1) is 11.8. The first-order valence-electron chi connectivity index (χ1n) is 5.63. The first-order valence-corrected chi connectivity index (χ1v) is 6.61. The van der Waals surface area contributed by atoms with E-state index in [2.05, 4.69) is 11.0 Å². The number of benzene rings is 1. The monoisotopic (exact) mass is 238 g/mol. The summed E-state index contributed by atoms with van der Waals surface area (Å²) in [7, 11) is 0. The van der Waals surface area contributed by atoms with Gasteiger partial charge in [0.2, 0.25) is 0 Å². The molecule has 1 aliphatic heterocycles. The minimum atomic E-state index is 0.844. The smallest absolute Gasteiger partial charge is 0.0594 e. The Labute approximate surface area is 101 Å². The summed E-state index contributed by atoms with van der Waals surface area (Å²) in [4.78, 5) is 3.70. The zero-order chi connectivity index (χ0) is 11.2. The van der Waals surface area contributed by atoms with Gasteiger partial charge in [-0.2, -0.15) is 0 Å². The molecule has 0 amide bonds. The van der Waals surface area contributed by atoms with Crippen molar-refractivity contribution < 1.29 is 4.74 Å². The van der Waals surface area contributed by atoms with E-state index in [-0.39, 0.29) is 0 Å². The van der Waals surface area contributed by atoms with Crippen molar-refractivity contribution in [3.05, 3.63) is 24.3 Å². The SMILES string of the molecule is Nc1cccc(SCCN2CCOCC2)c1. The highest BCUT2D eigenvalue weighted by molar-refractivity contribution is 7.99. The van der Waals surface area contributed by atoms with Crippen LogP contribution in [0.2, 0.25) is 0 Å². The van der Waals surface area contributed by atoms with Crippen molar-refractivity contribution in [3.63, 3.8) is 0 Å². The molecule has 1 saturated heterocycles. The van der Waals surface area contributed by atoms with Gasteiger partial charge in [0.1, 0.15) is 0 Å². The Hall–Kier alpha value is -0.710. The molecule has 0 aliphatic carbocycles. The van der Waals surface area contributed by atoms with E-state index in [1.807, 2.05) is 30.0 Å². The molecular weight excluding hydrogens is 220 g/mol. The van der Waals surface area contributed by atoms with E-state index in [0.29, 0.717) is 0 Å². The van der Waals surface area contributed by atoms with Gasteiger partial charge in [-0.1, -0.05) is 6.07 Å². The maximum atomic E-state index is 5.73. The Balaban J connectivity index is 1.71. The summed E-state index contributed by atoms with van der Waals surface area (Å²) < 4.78 is 5.32. The van der Waals surface area contributed by atoms with Crippen LogP contribution in [0, 0.1) is 0 Å². The summed E-state index contributed by atoms with van der Waals surface area (Å²) in [5, 5.41) is 0. The van der Waals surface area contributed by atoms with Gasteiger partial charge in [0.25, 0.3) is 0 Å². The zero-order valence-electron chi connectivity index (χ0n) is 9.39.